The molecular formula is C16H19NO3. The van der Waals surface area contributed by atoms with E-state index in [1.165, 1.54) is 13.2 Å². The predicted octanol–water partition coefficient (Wildman–Crippen LogP) is 2.87. The highest BCUT2D eigenvalue weighted by atomic mass is 16.6. The molecule has 0 spiro atoms. The Morgan fingerprint density at radius 3 is 2.75 bits per heavy atom. The highest BCUT2D eigenvalue weighted by Gasteiger charge is 2.43. The average molecular weight is 273 g/mol. The molecule has 2 N–H and O–H groups in total. The van der Waals surface area contributed by atoms with Crippen molar-refractivity contribution in [3.05, 3.63) is 53.1 Å². The molecule has 0 aliphatic heterocycles. The number of rotatable bonds is 4. The monoisotopic (exact) mass is 273 g/mol. The smallest absolute Gasteiger partial charge is 0.186 e. The largest absolute Gasteiger partial charge is 0.507 e. The zero-order valence-electron chi connectivity index (χ0n) is 11.9. The van der Waals surface area contributed by atoms with Gasteiger partial charge in [0.15, 0.2) is 5.78 Å². The van der Waals surface area contributed by atoms with Crippen LogP contribution >= 0.6 is 0 Å². The second-order valence-electron chi connectivity index (χ2n) is 5.14. The van der Waals surface area contributed by atoms with Crippen LogP contribution in [0.4, 0.5) is 0 Å². The first-order chi connectivity index (χ1) is 9.51. The molecule has 0 heterocycles. The molecule has 1 aromatic rings. The number of carbonyl (C=O) groups excluding carboxylic acids is 1. The number of fused-ring (bicyclic) bond motifs is 1. The van der Waals surface area contributed by atoms with Crippen LogP contribution in [0.5, 0.6) is 0 Å². The van der Waals surface area contributed by atoms with Crippen molar-refractivity contribution in [3.63, 3.8) is 0 Å². The molecule has 0 radical (unpaired) electrons. The minimum absolute atomic E-state index is 0.00340. The Hall–Kier alpha value is -1.91. The van der Waals surface area contributed by atoms with Gasteiger partial charge in [0.2, 0.25) is 0 Å². The Labute approximate surface area is 118 Å². The molecule has 0 fully saturated rings. The summed E-state index contributed by atoms with van der Waals surface area (Å²) in [6.45, 7) is 3.96. The van der Waals surface area contributed by atoms with Crippen molar-refractivity contribution in [1.29, 1.82) is 0 Å². The summed E-state index contributed by atoms with van der Waals surface area (Å²) in [5.74, 6) is -0.218. The molecule has 0 bridgehead atoms. The highest BCUT2D eigenvalue weighted by molar-refractivity contribution is 6.06. The molecule has 4 heteroatoms. The zero-order valence-corrected chi connectivity index (χ0v) is 11.9. The molecule has 0 saturated heterocycles. The first-order valence-electron chi connectivity index (χ1n) is 6.50. The van der Waals surface area contributed by atoms with E-state index in [9.17, 15) is 9.90 Å². The van der Waals surface area contributed by atoms with Gasteiger partial charge in [-0.05, 0) is 25.8 Å². The van der Waals surface area contributed by atoms with E-state index in [0.29, 0.717) is 12.0 Å². The summed E-state index contributed by atoms with van der Waals surface area (Å²) in [5, 5.41) is 9.97. The van der Waals surface area contributed by atoms with E-state index in [-0.39, 0.29) is 11.5 Å². The van der Waals surface area contributed by atoms with E-state index >= 15 is 0 Å². The third kappa shape index (κ3) is 2.40. The van der Waals surface area contributed by atoms with Gasteiger partial charge >= 0.3 is 0 Å². The van der Waals surface area contributed by atoms with Crippen LogP contribution in [0.2, 0.25) is 0 Å². The number of hydroxylamine groups is 1. The SMILES string of the molecule is CONC1(CC=C(C)C)C(=O)C=C(O)c2ccccc21. The lowest BCUT2D eigenvalue weighted by Crippen LogP contribution is -2.49. The van der Waals surface area contributed by atoms with Crippen LogP contribution in [-0.2, 0) is 15.2 Å². The van der Waals surface area contributed by atoms with Crippen LogP contribution in [0.3, 0.4) is 0 Å². The van der Waals surface area contributed by atoms with Gasteiger partial charge < -0.3 is 9.94 Å². The number of benzene rings is 1. The van der Waals surface area contributed by atoms with Crippen molar-refractivity contribution in [2.24, 2.45) is 0 Å². The zero-order chi connectivity index (χ0) is 14.8. The number of aliphatic hydroxyl groups excluding tert-OH is 1. The van der Waals surface area contributed by atoms with Crippen LogP contribution < -0.4 is 5.48 Å². The fourth-order valence-electron chi connectivity index (χ4n) is 2.43. The van der Waals surface area contributed by atoms with Crippen molar-refractivity contribution in [3.8, 4) is 0 Å². The average Bonchev–Trinajstić information content (AvgIpc) is 2.42. The maximum absolute atomic E-state index is 12.5. The van der Waals surface area contributed by atoms with Crippen molar-refractivity contribution < 1.29 is 14.7 Å². The summed E-state index contributed by atoms with van der Waals surface area (Å²) in [6, 6.07) is 7.31. The summed E-state index contributed by atoms with van der Waals surface area (Å²) in [4.78, 5) is 17.6. The lowest BCUT2D eigenvalue weighted by Gasteiger charge is -2.35. The van der Waals surface area contributed by atoms with Crippen molar-refractivity contribution >= 4 is 11.5 Å². The first-order valence-corrected chi connectivity index (χ1v) is 6.50. The maximum atomic E-state index is 12.5. The number of nitrogens with one attached hydrogen (secondary N) is 1. The van der Waals surface area contributed by atoms with E-state index in [2.05, 4.69) is 5.48 Å². The summed E-state index contributed by atoms with van der Waals surface area (Å²) in [5.41, 5.74) is 4.33. The number of ketones is 1. The second-order valence-corrected chi connectivity index (χ2v) is 5.14. The van der Waals surface area contributed by atoms with Crippen molar-refractivity contribution in [1.82, 2.24) is 5.48 Å². The van der Waals surface area contributed by atoms with Crippen LogP contribution in [0.25, 0.3) is 5.76 Å². The van der Waals surface area contributed by atoms with Gasteiger partial charge in [-0.25, -0.2) is 0 Å². The lowest BCUT2D eigenvalue weighted by atomic mass is 9.76. The Morgan fingerprint density at radius 1 is 1.40 bits per heavy atom. The van der Waals surface area contributed by atoms with E-state index in [1.54, 1.807) is 6.07 Å². The molecule has 1 aliphatic rings. The van der Waals surface area contributed by atoms with Crippen LogP contribution in [0.1, 0.15) is 31.4 Å². The third-order valence-corrected chi connectivity index (χ3v) is 3.44. The number of aliphatic hydroxyl groups is 1. The molecule has 4 nitrogen and oxygen atoms in total. The number of carbonyl (C=O) groups is 1. The molecule has 1 atom stereocenters. The molecule has 0 amide bonds. The van der Waals surface area contributed by atoms with Gasteiger partial charge in [0.1, 0.15) is 11.3 Å². The Morgan fingerprint density at radius 2 is 2.10 bits per heavy atom. The standard InChI is InChI=1S/C16H19NO3/c1-11(2)8-9-16(17-20-3)13-7-5-4-6-12(13)14(18)10-15(16)19/h4-8,10,17-18H,9H2,1-3H3. The minimum Gasteiger partial charge on any atom is -0.507 e. The normalized spacial score (nSPS) is 21.1. The van der Waals surface area contributed by atoms with Crippen LogP contribution in [-0.4, -0.2) is 18.0 Å². The van der Waals surface area contributed by atoms with E-state index in [0.717, 1.165) is 11.1 Å². The number of hydrogen-bond acceptors (Lipinski definition) is 4. The molecule has 20 heavy (non-hydrogen) atoms. The molecular weight excluding hydrogens is 254 g/mol. The van der Waals surface area contributed by atoms with Gasteiger partial charge in [0.25, 0.3) is 0 Å². The topological polar surface area (TPSA) is 58.6 Å². The van der Waals surface area contributed by atoms with Gasteiger partial charge in [-0.15, -0.1) is 0 Å². The molecule has 0 aromatic heterocycles. The lowest BCUT2D eigenvalue weighted by molar-refractivity contribution is -0.127. The van der Waals surface area contributed by atoms with Gasteiger partial charge in [-0.1, -0.05) is 35.9 Å². The molecule has 106 valence electrons. The van der Waals surface area contributed by atoms with Gasteiger partial charge in [0, 0.05) is 11.6 Å². The fraction of sp³-hybridized carbons (Fsp3) is 0.312. The van der Waals surface area contributed by atoms with Gasteiger partial charge in [0.05, 0.1) is 7.11 Å². The molecule has 2 rings (SSSR count). The summed E-state index contributed by atoms with van der Waals surface area (Å²) in [6.07, 6.45) is 3.70. The number of hydrogen-bond donors (Lipinski definition) is 2. The van der Waals surface area contributed by atoms with Gasteiger partial charge in [-0.3, -0.25) is 4.79 Å². The summed E-state index contributed by atoms with van der Waals surface area (Å²) >= 11 is 0. The quantitative estimate of drug-likeness (QED) is 0.654. The van der Waals surface area contributed by atoms with Crippen LogP contribution in [0.15, 0.2) is 42.0 Å². The fourth-order valence-corrected chi connectivity index (χ4v) is 2.43. The van der Waals surface area contributed by atoms with Crippen molar-refractivity contribution in [2.45, 2.75) is 25.8 Å². The van der Waals surface area contributed by atoms with E-state index < -0.39 is 5.54 Å². The number of allylic oxidation sites excluding steroid dienone is 1. The highest BCUT2D eigenvalue weighted by Crippen LogP contribution is 2.37. The summed E-state index contributed by atoms with van der Waals surface area (Å²) in [7, 11) is 1.48. The Bertz CT molecular complexity index is 585. The second kappa shape index (κ2) is 5.61. The van der Waals surface area contributed by atoms with Crippen molar-refractivity contribution in [2.75, 3.05) is 7.11 Å². The molecule has 1 aromatic carbocycles. The molecule has 1 unspecified atom stereocenters. The van der Waals surface area contributed by atoms with E-state index in [1.807, 2.05) is 38.1 Å². The van der Waals surface area contributed by atoms with E-state index in [4.69, 9.17) is 4.84 Å². The van der Waals surface area contributed by atoms with Gasteiger partial charge in [-0.2, -0.15) is 5.48 Å². The molecule has 1 aliphatic carbocycles. The maximum Gasteiger partial charge on any atom is 0.186 e. The van der Waals surface area contributed by atoms with Crippen LogP contribution in [0, 0.1) is 0 Å². The molecule has 0 saturated carbocycles. The Kier molecular flexibility index (Phi) is 4.06. The minimum atomic E-state index is -0.991. The first kappa shape index (κ1) is 14.5. The summed E-state index contributed by atoms with van der Waals surface area (Å²) < 4.78 is 0. The predicted molar refractivity (Wildman–Crippen MR) is 77.9 cm³/mol. The third-order valence-electron chi connectivity index (χ3n) is 3.44. The Balaban J connectivity index is 2.60.